The number of aromatic nitrogens is 1. The smallest absolute Gasteiger partial charge is 0.147 e. The minimum atomic E-state index is 0.239. The van der Waals surface area contributed by atoms with Gasteiger partial charge in [0.2, 0.25) is 0 Å². The third-order valence-corrected chi connectivity index (χ3v) is 13.4. The summed E-state index contributed by atoms with van der Waals surface area (Å²) in [4.78, 5) is 2.48. The highest BCUT2D eigenvalue weighted by Crippen LogP contribution is 2.52. The molecular formula is C47H40B8N2O. The van der Waals surface area contributed by atoms with E-state index in [9.17, 15) is 0 Å². The summed E-state index contributed by atoms with van der Waals surface area (Å²) in [6.07, 6.45) is 0. The van der Waals surface area contributed by atoms with Gasteiger partial charge in [0.25, 0.3) is 0 Å². The number of rotatable bonds is 6. The van der Waals surface area contributed by atoms with E-state index in [0.717, 1.165) is 39.4 Å². The predicted molar refractivity (Wildman–Crippen MR) is 272 cm³/mol. The van der Waals surface area contributed by atoms with E-state index in [4.69, 9.17) is 4.42 Å². The second-order valence-corrected chi connectivity index (χ2v) is 16.3. The van der Waals surface area contributed by atoms with E-state index in [1.165, 1.54) is 88.0 Å². The average Bonchev–Trinajstić information content (AvgIpc) is 3.90. The molecule has 0 bridgehead atoms. The fraction of sp³-hybridized carbons (Fsp3) is 0.0213. The van der Waals surface area contributed by atoms with Gasteiger partial charge in [-0.05, 0) is 75.5 Å². The molecule has 0 radical (unpaired) electrons. The maximum Gasteiger partial charge on any atom is 0.147 e. The monoisotopic (exact) mass is 736 g/mol. The van der Waals surface area contributed by atoms with Crippen molar-refractivity contribution in [1.29, 1.82) is 0 Å². The molecule has 3 nitrogen and oxygen atoms in total. The molecule has 1 aliphatic carbocycles. The maximum atomic E-state index is 7.27. The topological polar surface area (TPSA) is 21.3 Å². The Kier molecular flexibility index (Phi) is 8.64. The Morgan fingerprint density at radius 2 is 0.931 bits per heavy atom. The SMILES string of the molecule is BC1=C(B)C(B)c2c1n(-c1ccccc1)c1c(N(c3ccc(-c4ccccc4)cc3)c3ccc(-c4ccccc4)cc3)c(B)c3oc4c(B)c(B)c(B)c(B)c4c3c21. The molecule has 268 valence electrons. The molecule has 10 rings (SSSR count). The second-order valence-electron chi connectivity index (χ2n) is 16.3. The number of hydrogen-bond acceptors (Lipinski definition) is 2. The molecule has 9 aromatic rings. The van der Waals surface area contributed by atoms with Gasteiger partial charge in [-0.25, -0.2) is 0 Å². The van der Waals surface area contributed by atoms with Crippen molar-refractivity contribution in [2.24, 2.45) is 0 Å². The molecule has 11 heteroatoms. The van der Waals surface area contributed by atoms with Gasteiger partial charge in [-0.2, -0.15) is 0 Å². The highest BCUT2D eigenvalue weighted by atomic mass is 16.3. The number of hydrogen-bond donors (Lipinski definition) is 0. The maximum absolute atomic E-state index is 7.27. The predicted octanol–water partition coefficient (Wildman–Crippen LogP) is 1.25. The van der Waals surface area contributed by atoms with Crippen molar-refractivity contribution in [3.63, 3.8) is 0 Å². The number of nitrogens with zero attached hydrogens (tertiary/aromatic N) is 2. The van der Waals surface area contributed by atoms with Crippen molar-refractivity contribution >= 4 is 145 Å². The fourth-order valence-corrected chi connectivity index (χ4v) is 9.73. The minimum absolute atomic E-state index is 0.239. The summed E-state index contributed by atoms with van der Waals surface area (Å²) >= 11 is 0. The van der Waals surface area contributed by atoms with Crippen molar-refractivity contribution in [2.75, 3.05) is 4.90 Å². The molecule has 58 heavy (non-hydrogen) atoms. The Bertz CT molecular complexity index is 3040. The zero-order valence-electron chi connectivity index (χ0n) is 34.7. The molecule has 0 fully saturated rings. The van der Waals surface area contributed by atoms with Crippen LogP contribution in [0, 0.1) is 0 Å². The summed E-state index contributed by atoms with van der Waals surface area (Å²) in [5, 5.41) is 3.76. The van der Waals surface area contributed by atoms with Crippen molar-refractivity contribution in [2.45, 2.75) is 5.82 Å². The third kappa shape index (κ3) is 5.32. The molecule has 2 aromatic heterocycles. The molecule has 0 aliphatic heterocycles. The quantitative estimate of drug-likeness (QED) is 0.240. The molecule has 1 aliphatic rings. The Morgan fingerprint density at radius 1 is 0.466 bits per heavy atom. The summed E-state index contributed by atoms with van der Waals surface area (Å²) in [7, 11) is 18.3. The Morgan fingerprint density at radius 3 is 1.47 bits per heavy atom. The zero-order chi connectivity index (χ0) is 40.0. The van der Waals surface area contributed by atoms with E-state index in [1.54, 1.807) is 0 Å². The summed E-state index contributed by atoms with van der Waals surface area (Å²) in [5.41, 5.74) is 24.1. The number of benzene rings is 7. The average molecular weight is 735 g/mol. The first-order valence-electron chi connectivity index (χ1n) is 20.5. The molecule has 1 unspecified atom stereocenters. The Balaban J connectivity index is 1.38. The van der Waals surface area contributed by atoms with Gasteiger partial charge in [0.05, 0.1) is 11.2 Å². The summed E-state index contributed by atoms with van der Waals surface area (Å²) in [6, 6.07) is 50.4. The lowest BCUT2D eigenvalue weighted by molar-refractivity contribution is 0.675. The van der Waals surface area contributed by atoms with Crippen LogP contribution in [-0.2, 0) is 0 Å². The van der Waals surface area contributed by atoms with E-state index in [-0.39, 0.29) is 5.82 Å². The van der Waals surface area contributed by atoms with Gasteiger partial charge in [0.1, 0.15) is 73.9 Å². The number of allylic oxidation sites excluding steroid dienone is 1. The lowest BCUT2D eigenvalue weighted by atomic mass is 9.65. The van der Waals surface area contributed by atoms with E-state index in [2.05, 4.69) is 212 Å². The van der Waals surface area contributed by atoms with Gasteiger partial charge in [-0.15, -0.1) is 10.9 Å². The van der Waals surface area contributed by atoms with E-state index >= 15 is 0 Å². The van der Waals surface area contributed by atoms with Crippen molar-refractivity contribution in [1.82, 2.24) is 4.57 Å². The van der Waals surface area contributed by atoms with Crippen LogP contribution in [0.1, 0.15) is 17.1 Å². The van der Waals surface area contributed by atoms with Crippen molar-refractivity contribution in [3.8, 4) is 27.9 Å². The largest absolute Gasteiger partial charge is 0.457 e. The third-order valence-electron chi connectivity index (χ3n) is 13.4. The summed E-state index contributed by atoms with van der Waals surface area (Å²) in [5.74, 6) is 0.239. The first-order chi connectivity index (χ1) is 28.2. The molecule has 0 amide bonds. The standard InChI is InChI=1S/C47H40B8N2O/c48-35-33-31-32-34-36(49)37(50)39(52)41(54)47(34)58-46(32)42(55)45(44(31)57(28-14-8-3-9-15-28)43(33)40(53)38(35)51)56(29-20-16-26(17-21-29)24-10-4-1-5-11-24)30-22-18-27(19-23-30)25-12-6-2-7-13-25/h1-23,35H,48-55H2. The van der Waals surface area contributed by atoms with Crippen LogP contribution in [0.5, 0.6) is 0 Å². The minimum Gasteiger partial charge on any atom is -0.457 e. The van der Waals surface area contributed by atoms with Crippen LogP contribution in [0.25, 0.3) is 66.3 Å². The van der Waals surface area contributed by atoms with Crippen molar-refractivity contribution < 1.29 is 4.42 Å². The lowest BCUT2D eigenvalue weighted by Gasteiger charge is -2.30. The molecule has 7 aromatic carbocycles. The van der Waals surface area contributed by atoms with Gasteiger partial charge < -0.3 is 13.9 Å². The summed E-state index contributed by atoms with van der Waals surface area (Å²) < 4.78 is 9.84. The van der Waals surface area contributed by atoms with Crippen LogP contribution < -0.4 is 32.2 Å². The normalized spacial score (nSPS) is 13.8. The summed E-state index contributed by atoms with van der Waals surface area (Å²) in [6.45, 7) is 0. The van der Waals surface area contributed by atoms with Gasteiger partial charge in [0.15, 0.2) is 0 Å². The molecule has 0 saturated heterocycles. The molecular weight excluding hydrogens is 695 g/mol. The Labute approximate surface area is 347 Å². The number of furan rings is 1. The number of para-hydroxylation sites is 1. The molecule has 2 heterocycles. The van der Waals surface area contributed by atoms with Crippen molar-refractivity contribution in [3.05, 3.63) is 156 Å². The van der Waals surface area contributed by atoms with E-state index in [1.807, 2.05) is 0 Å². The first kappa shape index (κ1) is 36.3. The highest BCUT2D eigenvalue weighted by Gasteiger charge is 2.36. The zero-order valence-corrected chi connectivity index (χ0v) is 34.7. The van der Waals surface area contributed by atoms with Gasteiger partial charge in [-0.1, -0.05) is 125 Å². The van der Waals surface area contributed by atoms with Crippen LogP contribution in [-0.4, -0.2) is 67.3 Å². The van der Waals surface area contributed by atoms with Crippen LogP contribution in [0.3, 0.4) is 0 Å². The molecule has 1 atom stereocenters. The molecule has 0 N–H and O–H groups in total. The van der Waals surface area contributed by atoms with Gasteiger partial charge in [0, 0.05) is 38.9 Å². The Hall–Kier alpha value is -6.06. The lowest BCUT2D eigenvalue weighted by Crippen LogP contribution is -2.47. The number of anilines is 3. The first-order valence-corrected chi connectivity index (χ1v) is 20.5. The van der Waals surface area contributed by atoms with Gasteiger partial charge in [-0.3, -0.25) is 0 Å². The fourth-order valence-electron chi connectivity index (χ4n) is 9.73. The van der Waals surface area contributed by atoms with Crippen LogP contribution >= 0.6 is 0 Å². The van der Waals surface area contributed by atoms with E-state index in [0.29, 0.717) is 0 Å². The molecule has 0 saturated carbocycles. The molecule has 0 spiro atoms. The van der Waals surface area contributed by atoms with Crippen LogP contribution in [0.15, 0.2) is 149 Å². The number of fused-ring (bicyclic) bond motifs is 7. The van der Waals surface area contributed by atoms with E-state index < -0.39 is 0 Å². The van der Waals surface area contributed by atoms with Crippen LogP contribution in [0.4, 0.5) is 17.1 Å². The van der Waals surface area contributed by atoms with Crippen LogP contribution in [0.2, 0.25) is 0 Å². The highest BCUT2D eigenvalue weighted by molar-refractivity contribution is 6.68. The second kappa shape index (κ2) is 13.8. The van der Waals surface area contributed by atoms with Gasteiger partial charge >= 0.3 is 0 Å².